The Labute approximate surface area is 95.5 Å². The molecule has 0 bridgehead atoms. The number of aliphatic carboxylic acids is 1. The number of aliphatic hydroxyl groups is 1. The minimum atomic E-state index is -4.44. The van der Waals surface area contributed by atoms with Crippen molar-refractivity contribution < 1.29 is 28.2 Å². The fourth-order valence-corrected chi connectivity index (χ4v) is 1.29. The second kappa shape index (κ2) is 4.75. The van der Waals surface area contributed by atoms with Crippen LogP contribution >= 0.6 is 0 Å². The van der Waals surface area contributed by atoms with E-state index >= 15 is 0 Å². The number of halogens is 3. The summed E-state index contributed by atoms with van der Waals surface area (Å²) in [5, 5.41) is 18.2. The monoisotopic (exact) mass is 248 g/mol. The maximum atomic E-state index is 12.3. The molecule has 2 atom stereocenters. The zero-order valence-electron chi connectivity index (χ0n) is 8.90. The number of aliphatic hydroxyl groups excluding tert-OH is 1. The maximum absolute atomic E-state index is 12.3. The molecule has 0 heterocycles. The first kappa shape index (κ1) is 13.5. The van der Waals surface area contributed by atoms with Gasteiger partial charge in [0.05, 0.1) is 17.6 Å². The Balaban J connectivity index is 2.92. The summed E-state index contributed by atoms with van der Waals surface area (Å²) < 4.78 is 36.8. The average Bonchev–Trinajstić information content (AvgIpc) is 2.26. The zero-order chi connectivity index (χ0) is 13.2. The maximum Gasteiger partial charge on any atom is 0.416 e. The van der Waals surface area contributed by atoms with E-state index in [1.165, 1.54) is 6.92 Å². The molecule has 1 rings (SSSR count). The molecule has 0 spiro atoms. The number of hydrogen-bond acceptors (Lipinski definition) is 2. The van der Waals surface area contributed by atoms with Gasteiger partial charge in [-0.25, -0.2) is 0 Å². The van der Waals surface area contributed by atoms with E-state index in [9.17, 15) is 23.1 Å². The number of alkyl halides is 3. The lowest BCUT2D eigenvalue weighted by atomic mass is 9.97. The van der Waals surface area contributed by atoms with E-state index in [1.54, 1.807) is 0 Å². The van der Waals surface area contributed by atoms with Gasteiger partial charge in [0.25, 0.3) is 0 Å². The molecule has 0 saturated carbocycles. The number of carbonyl (C=O) groups is 1. The van der Waals surface area contributed by atoms with E-state index in [4.69, 9.17) is 5.11 Å². The summed E-state index contributed by atoms with van der Waals surface area (Å²) in [5.74, 6) is -2.29. The Morgan fingerprint density at radius 1 is 1.24 bits per heavy atom. The quantitative estimate of drug-likeness (QED) is 0.863. The molecule has 3 nitrogen and oxygen atoms in total. The summed E-state index contributed by atoms with van der Waals surface area (Å²) in [4.78, 5) is 10.6. The molecule has 94 valence electrons. The van der Waals surface area contributed by atoms with Crippen molar-refractivity contribution in [1.82, 2.24) is 0 Å². The van der Waals surface area contributed by atoms with Crippen molar-refractivity contribution in [2.24, 2.45) is 5.92 Å². The molecule has 0 radical (unpaired) electrons. The fraction of sp³-hybridized carbons (Fsp3) is 0.364. The van der Waals surface area contributed by atoms with Gasteiger partial charge >= 0.3 is 12.1 Å². The molecule has 1 aromatic rings. The molecule has 0 aromatic heterocycles. The topological polar surface area (TPSA) is 57.5 Å². The van der Waals surface area contributed by atoms with Crippen LogP contribution in [-0.4, -0.2) is 16.2 Å². The third-order valence-corrected chi connectivity index (χ3v) is 2.44. The molecule has 17 heavy (non-hydrogen) atoms. The molecule has 0 fully saturated rings. The van der Waals surface area contributed by atoms with Gasteiger partial charge in [-0.1, -0.05) is 12.1 Å². The summed E-state index contributed by atoms with van der Waals surface area (Å²) in [5.41, 5.74) is -0.690. The fourth-order valence-electron chi connectivity index (χ4n) is 1.29. The molecular formula is C11H11F3O3. The van der Waals surface area contributed by atoms with Crippen LogP contribution < -0.4 is 0 Å². The molecule has 6 heteroatoms. The van der Waals surface area contributed by atoms with Crippen LogP contribution in [0.4, 0.5) is 13.2 Å². The second-order valence-electron chi connectivity index (χ2n) is 3.69. The van der Waals surface area contributed by atoms with Crippen molar-refractivity contribution in [3.05, 3.63) is 35.4 Å². The molecule has 2 unspecified atom stereocenters. The van der Waals surface area contributed by atoms with Crippen LogP contribution in [0.15, 0.2) is 24.3 Å². The number of hydrogen-bond donors (Lipinski definition) is 2. The summed E-state index contributed by atoms with van der Waals surface area (Å²) >= 11 is 0. The predicted molar refractivity (Wildman–Crippen MR) is 53.2 cm³/mol. The Morgan fingerprint density at radius 2 is 1.71 bits per heavy atom. The normalized spacial score (nSPS) is 15.4. The standard InChI is InChI=1S/C11H11F3O3/c1-6(10(16)17)9(15)7-2-4-8(5-3-7)11(12,13)14/h2-6,9,15H,1H3,(H,16,17). The summed E-state index contributed by atoms with van der Waals surface area (Å²) in [6, 6.07) is 3.78. The van der Waals surface area contributed by atoms with Crippen LogP contribution in [0.1, 0.15) is 24.2 Å². The van der Waals surface area contributed by atoms with Crippen LogP contribution in [0.2, 0.25) is 0 Å². The number of benzene rings is 1. The molecule has 0 aliphatic heterocycles. The van der Waals surface area contributed by atoms with Gasteiger partial charge in [0.2, 0.25) is 0 Å². The van der Waals surface area contributed by atoms with Gasteiger partial charge in [-0.2, -0.15) is 13.2 Å². The molecule has 0 amide bonds. The largest absolute Gasteiger partial charge is 0.481 e. The van der Waals surface area contributed by atoms with E-state index in [0.717, 1.165) is 24.3 Å². The van der Waals surface area contributed by atoms with Crippen LogP contribution in [0, 0.1) is 5.92 Å². The van der Waals surface area contributed by atoms with E-state index < -0.39 is 29.7 Å². The van der Waals surface area contributed by atoms with E-state index in [-0.39, 0.29) is 5.56 Å². The van der Waals surface area contributed by atoms with Crippen molar-refractivity contribution in [3.63, 3.8) is 0 Å². The lowest BCUT2D eigenvalue weighted by molar-refractivity contribution is -0.145. The van der Waals surface area contributed by atoms with Crippen molar-refractivity contribution in [1.29, 1.82) is 0 Å². The van der Waals surface area contributed by atoms with Crippen molar-refractivity contribution in [2.45, 2.75) is 19.2 Å². The smallest absolute Gasteiger partial charge is 0.416 e. The average molecular weight is 248 g/mol. The third-order valence-electron chi connectivity index (χ3n) is 2.44. The van der Waals surface area contributed by atoms with Gasteiger partial charge in [0.1, 0.15) is 0 Å². The van der Waals surface area contributed by atoms with Crippen LogP contribution in [0.5, 0.6) is 0 Å². The molecule has 0 saturated heterocycles. The zero-order valence-corrected chi connectivity index (χ0v) is 8.90. The van der Waals surface area contributed by atoms with Crippen LogP contribution in [0.3, 0.4) is 0 Å². The van der Waals surface area contributed by atoms with Gasteiger partial charge in [-0.05, 0) is 24.6 Å². The minimum Gasteiger partial charge on any atom is -0.481 e. The highest BCUT2D eigenvalue weighted by Gasteiger charge is 2.30. The predicted octanol–water partition coefficient (Wildman–Crippen LogP) is 2.46. The van der Waals surface area contributed by atoms with Crippen LogP contribution in [-0.2, 0) is 11.0 Å². The van der Waals surface area contributed by atoms with E-state index in [2.05, 4.69) is 0 Å². The van der Waals surface area contributed by atoms with Crippen LogP contribution in [0.25, 0.3) is 0 Å². The lowest BCUT2D eigenvalue weighted by Gasteiger charge is -2.16. The van der Waals surface area contributed by atoms with E-state index in [1.807, 2.05) is 0 Å². The Bertz CT molecular complexity index is 397. The van der Waals surface area contributed by atoms with Gasteiger partial charge < -0.3 is 10.2 Å². The minimum absolute atomic E-state index is 0.146. The van der Waals surface area contributed by atoms with Gasteiger partial charge in [-0.15, -0.1) is 0 Å². The summed E-state index contributed by atoms with van der Waals surface area (Å²) in [6.07, 6.45) is -5.77. The second-order valence-corrected chi connectivity index (χ2v) is 3.69. The first-order valence-corrected chi connectivity index (χ1v) is 4.81. The summed E-state index contributed by atoms with van der Waals surface area (Å²) in [7, 11) is 0. The van der Waals surface area contributed by atoms with Crippen molar-refractivity contribution in [3.8, 4) is 0 Å². The van der Waals surface area contributed by atoms with Gasteiger partial charge in [-0.3, -0.25) is 4.79 Å². The summed E-state index contributed by atoms with van der Waals surface area (Å²) in [6.45, 7) is 1.28. The van der Waals surface area contributed by atoms with Crippen molar-refractivity contribution >= 4 is 5.97 Å². The SMILES string of the molecule is CC(C(=O)O)C(O)c1ccc(C(F)(F)F)cc1. The first-order valence-electron chi connectivity index (χ1n) is 4.81. The first-order chi connectivity index (χ1) is 7.73. The van der Waals surface area contributed by atoms with Crippen molar-refractivity contribution in [2.75, 3.05) is 0 Å². The van der Waals surface area contributed by atoms with E-state index in [0.29, 0.717) is 0 Å². The number of carboxylic acid groups (broad SMARTS) is 1. The number of rotatable bonds is 3. The van der Waals surface area contributed by atoms with Gasteiger partial charge in [0.15, 0.2) is 0 Å². The molecule has 0 aliphatic carbocycles. The molecule has 2 N–H and O–H groups in total. The highest BCUT2D eigenvalue weighted by atomic mass is 19.4. The Kier molecular flexibility index (Phi) is 3.77. The third kappa shape index (κ3) is 3.20. The lowest BCUT2D eigenvalue weighted by Crippen LogP contribution is -2.18. The highest BCUT2D eigenvalue weighted by molar-refractivity contribution is 5.70. The van der Waals surface area contributed by atoms with Gasteiger partial charge in [0, 0.05) is 0 Å². The Hall–Kier alpha value is -1.56. The molecule has 1 aromatic carbocycles. The highest BCUT2D eigenvalue weighted by Crippen LogP contribution is 2.31. The number of carboxylic acids is 1. The molecule has 0 aliphatic rings. The Morgan fingerprint density at radius 3 is 2.06 bits per heavy atom. The molecular weight excluding hydrogens is 237 g/mol.